The fraction of sp³-hybridized carbons (Fsp3) is 0.0833. The fourth-order valence-corrected chi connectivity index (χ4v) is 1.64. The van der Waals surface area contributed by atoms with Gasteiger partial charge in [-0.15, -0.1) is 0 Å². The lowest BCUT2D eigenvalue weighted by Gasteiger charge is -2.06. The van der Waals surface area contributed by atoms with Crippen LogP contribution in [0.3, 0.4) is 0 Å². The van der Waals surface area contributed by atoms with E-state index in [0.717, 1.165) is 12.1 Å². The zero-order valence-electron chi connectivity index (χ0n) is 9.27. The molecule has 0 saturated carbocycles. The van der Waals surface area contributed by atoms with Crippen LogP contribution in [0, 0.1) is 12.7 Å². The monoisotopic (exact) mass is 249 g/mol. The Hall–Kier alpha value is -2.50. The van der Waals surface area contributed by atoms with E-state index < -0.39 is 23.4 Å². The molecule has 1 aromatic carbocycles. The standard InChI is InChI=1S/C12H8FNO4/c1-5-2-6-7(11(15)16)3-10(12(17)18)14-9(6)4-8(5)13/h2-4H,1H3,(H,15,16)(H,17,18). The maximum atomic E-state index is 13.4. The molecule has 0 spiro atoms. The van der Waals surface area contributed by atoms with Crippen LogP contribution in [0.1, 0.15) is 26.4 Å². The molecule has 1 aromatic heterocycles. The lowest BCUT2D eigenvalue weighted by molar-refractivity contribution is 0.0691. The van der Waals surface area contributed by atoms with Gasteiger partial charge in [-0.3, -0.25) is 0 Å². The Morgan fingerprint density at radius 3 is 2.39 bits per heavy atom. The van der Waals surface area contributed by atoms with Gasteiger partial charge in [0.1, 0.15) is 11.5 Å². The van der Waals surface area contributed by atoms with Crippen molar-refractivity contribution in [2.24, 2.45) is 0 Å². The number of pyridine rings is 1. The first-order valence-electron chi connectivity index (χ1n) is 4.97. The first-order chi connectivity index (χ1) is 8.40. The first kappa shape index (κ1) is 12.0. The molecule has 1 heterocycles. The van der Waals surface area contributed by atoms with Crippen molar-refractivity contribution in [3.8, 4) is 0 Å². The van der Waals surface area contributed by atoms with Gasteiger partial charge in [0.05, 0.1) is 11.1 Å². The van der Waals surface area contributed by atoms with Gasteiger partial charge < -0.3 is 10.2 Å². The van der Waals surface area contributed by atoms with E-state index in [-0.39, 0.29) is 22.0 Å². The van der Waals surface area contributed by atoms with E-state index in [1.807, 2.05) is 0 Å². The highest BCUT2D eigenvalue weighted by Crippen LogP contribution is 2.22. The molecule has 2 N–H and O–H groups in total. The van der Waals surface area contributed by atoms with Gasteiger partial charge in [0.15, 0.2) is 0 Å². The molecule has 0 radical (unpaired) electrons. The average Bonchev–Trinajstić information content (AvgIpc) is 2.29. The van der Waals surface area contributed by atoms with Crippen molar-refractivity contribution >= 4 is 22.8 Å². The Morgan fingerprint density at radius 1 is 1.17 bits per heavy atom. The number of fused-ring (bicyclic) bond motifs is 1. The zero-order chi connectivity index (χ0) is 13.4. The number of carboxylic acid groups (broad SMARTS) is 2. The van der Waals surface area contributed by atoms with E-state index in [4.69, 9.17) is 10.2 Å². The second kappa shape index (κ2) is 4.06. The Morgan fingerprint density at radius 2 is 1.83 bits per heavy atom. The maximum absolute atomic E-state index is 13.4. The quantitative estimate of drug-likeness (QED) is 0.850. The van der Waals surface area contributed by atoms with Crippen LogP contribution in [0.15, 0.2) is 18.2 Å². The summed E-state index contributed by atoms with van der Waals surface area (Å²) >= 11 is 0. The van der Waals surface area contributed by atoms with Crippen LogP contribution in [0.4, 0.5) is 4.39 Å². The Bertz CT molecular complexity index is 681. The van der Waals surface area contributed by atoms with E-state index in [1.54, 1.807) is 0 Å². The Labute approximate surface area is 101 Å². The molecule has 2 aromatic rings. The second-order valence-corrected chi connectivity index (χ2v) is 3.78. The third-order valence-electron chi connectivity index (χ3n) is 2.54. The third-order valence-corrected chi connectivity index (χ3v) is 2.54. The summed E-state index contributed by atoms with van der Waals surface area (Å²) in [5, 5.41) is 18.1. The average molecular weight is 249 g/mol. The molecule has 0 aliphatic heterocycles. The maximum Gasteiger partial charge on any atom is 0.354 e. The minimum Gasteiger partial charge on any atom is -0.478 e. The summed E-state index contributed by atoms with van der Waals surface area (Å²) in [6, 6.07) is 3.33. The van der Waals surface area contributed by atoms with Crippen LogP contribution in [0.5, 0.6) is 0 Å². The van der Waals surface area contributed by atoms with Crippen molar-refractivity contribution in [3.05, 3.63) is 40.8 Å². The summed E-state index contributed by atoms with van der Waals surface area (Å²) < 4.78 is 13.4. The lowest BCUT2D eigenvalue weighted by Crippen LogP contribution is -2.06. The molecule has 0 aliphatic carbocycles. The molecular formula is C12H8FNO4. The molecule has 0 aliphatic rings. The number of benzene rings is 1. The van der Waals surface area contributed by atoms with Crippen molar-refractivity contribution in [2.45, 2.75) is 6.92 Å². The number of nitrogens with zero attached hydrogens (tertiary/aromatic N) is 1. The van der Waals surface area contributed by atoms with Crippen LogP contribution in [0.2, 0.25) is 0 Å². The number of halogens is 1. The molecular weight excluding hydrogens is 241 g/mol. The highest BCUT2D eigenvalue weighted by Gasteiger charge is 2.16. The van der Waals surface area contributed by atoms with Crippen molar-refractivity contribution in [2.75, 3.05) is 0 Å². The smallest absolute Gasteiger partial charge is 0.354 e. The molecule has 0 fully saturated rings. The zero-order valence-corrected chi connectivity index (χ0v) is 9.27. The highest BCUT2D eigenvalue weighted by atomic mass is 19.1. The normalized spacial score (nSPS) is 10.6. The molecule has 6 heteroatoms. The summed E-state index contributed by atoms with van der Waals surface area (Å²) in [5.41, 5.74) is -0.353. The van der Waals surface area contributed by atoms with Crippen LogP contribution >= 0.6 is 0 Å². The minimum absolute atomic E-state index is 0.00963. The van der Waals surface area contributed by atoms with Crippen LogP contribution in [-0.4, -0.2) is 27.1 Å². The number of aryl methyl sites for hydroxylation is 1. The summed E-state index contributed by atoms with van der Waals surface area (Å²) in [6.45, 7) is 1.49. The second-order valence-electron chi connectivity index (χ2n) is 3.78. The number of rotatable bonds is 2. The Kier molecular flexibility index (Phi) is 2.70. The lowest BCUT2D eigenvalue weighted by atomic mass is 10.0. The van der Waals surface area contributed by atoms with E-state index in [9.17, 15) is 14.0 Å². The predicted octanol–water partition coefficient (Wildman–Crippen LogP) is 2.08. The predicted molar refractivity (Wildman–Crippen MR) is 60.4 cm³/mol. The molecule has 92 valence electrons. The van der Waals surface area contributed by atoms with Gasteiger partial charge in [0.25, 0.3) is 0 Å². The minimum atomic E-state index is -1.36. The van der Waals surface area contributed by atoms with E-state index in [2.05, 4.69) is 4.98 Å². The molecule has 0 atom stereocenters. The summed E-state index contributed by atoms with van der Waals surface area (Å²) in [4.78, 5) is 25.6. The fourth-order valence-electron chi connectivity index (χ4n) is 1.64. The van der Waals surface area contributed by atoms with Gasteiger partial charge in [-0.2, -0.15) is 0 Å². The van der Waals surface area contributed by atoms with Crippen LogP contribution < -0.4 is 0 Å². The number of hydrogen-bond donors (Lipinski definition) is 2. The molecule has 5 nitrogen and oxygen atoms in total. The first-order valence-corrected chi connectivity index (χ1v) is 4.97. The van der Waals surface area contributed by atoms with Gasteiger partial charge >= 0.3 is 11.9 Å². The number of aromatic carboxylic acids is 2. The SMILES string of the molecule is Cc1cc2c(C(=O)O)cc(C(=O)O)nc2cc1F. The largest absolute Gasteiger partial charge is 0.478 e. The number of carboxylic acids is 2. The third kappa shape index (κ3) is 1.88. The highest BCUT2D eigenvalue weighted by molar-refractivity contribution is 6.05. The molecule has 18 heavy (non-hydrogen) atoms. The number of hydrogen-bond acceptors (Lipinski definition) is 3. The molecule has 0 unspecified atom stereocenters. The van der Waals surface area contributed by atoms with Crippen LogP contribution in [-0.2, 0) is 0 Å². The summed E-state index contributed by atoms with van der Waals surface area (Å²) in [6.07, 6.45) is 0. The van der Waals surface area contributed by atoms with Crippen molar-refractivity contribution < 1.29 is 24.2 Å². The van der Waals surface area contributed by atoms with Crippen molar-refractivity contribution in [1.82, 2.24) is 4.98 Å². The molecule has 0 saturated heterocycles. The van der Waals surface area contributed by atoms with Gasteiger partial charge in [0, 0.05) is 11.5 Å². The van der Waals surface area contributed by atoms with Gasteiger partial charge in [-0.05, 0) is 24.6 Å². The number of carbonyl (C=O) groups is 2. The molecule has 2 rings (SSSR count). The van der Waals surface area contributed by atoms with E-state index in [0.29, 0.717) is 0 Å². The van der Waals surface area contributed by atoms with Gasteiger partial charge in [-0.1, -0.05) is 0 Å². The van der Waals surface area contributed by atoms with Crippen LogP contribution in [0.25, 0.3) is 10.9 Å². The van der Waals surface area contributed by atoms with E-state index in [1.165, 1.54) is 13.0 Å². The van der Waals surface area contributed by atoms with E-state index >= 15 is 0 Å². The van der Waals surface area contributed by atoms with Crippen molar-refractivity contribution in [3.63, 3.8) is 0 Å². The van der Waals surface area contributed by atoms with Crippen molar-refractivity contribution in [1.29, 1.82) is 0 Å². The number of aromatic nitrogens is 1. The molecule has 0 amide bonds. The summed E-state index contributed by atoms with van der Waals surface area (Å²) in [5.74, 6) is -3.20. The summed E-state index contributed by atoms with van der Waals surface area (Å²) in [7, 11) is 0. The van der Waals surface area contributed by atoms with Gasteiger partial charge in [0.2, 0.25) is 0 Å². The topological polar surface area (TPSA) is 87.5 Å². The molecule has 0 bridgehead atoms. The van der Waals surface area contributed by atoms with Gasteiger partial charge in [-0.25, -0.2) is 19.0 Å². The Balaban J connectivity index is 2.89.